The summed E-state index contributed by atoms with van der Waals surface area (Å²) >= 11 is 0. The number of rotatable bonds is 1. The predicted molar refractivity (Wildman–Crippen MR) is 54.3 cm³/mol. The highest BCUT2D eigenvalue weighted by Gasteiger charge is 2.23. The molecular formula is C11H10N2O. The molecule has 70 valence electrons. The molecule has 0 atom stereocenters. The van der Waals surface area contributed by atoms with E-state index in [0.717, 1.165) is 16.7 Å². The van der Waals surface area contributed by atoms with Crippen LogP contribution in [0.5, 0.6) is 0 Å². The van der Waals surface area contributed by atoms with Gasteiger partial charge in [-0.1, -0.05) is 6.07 Å². The summed E-state index contributed by atoms with van der Waals surface area (Å²) < 4.78 is 0. The third-order valence-corrected chi connectivity index (χ3v) is 2.74. The summed E-state index contributed by atoms with van der Waals surface area (Å²) in [5, 5.41) is 7.90. The van der Waals surface area contributed by atoms with Crippen LogP contribution in [0.1, 0.15) is 24.3 Å². The molecule has 1 N–H and O–H groups in total. The Morgan fingerprint density at radius 2 is 2.21 bits per heavy atom. The van der Waals surface area contributed by atoms with Crippen molar-refractivity contribution in [1.82, 2.24) is 10.2 Å². The maximum Gasteiger partial charge on any atom is 0.272 e. The topological polar surface area (TPSA) is 45.8 Å². The van der Waals surface area contributed by atoms with Crippen molar-refractivity contribution in [2.75, 3.05) is 0 Å². The molecule has 1 aliphatic rings. The van der Waals surface area contributed by atoms with E-state index in [1.165, 1.54) is 18.4 Å². The molecule has 0 amide bonds. The molecule has 0 aliphatic heterocycles. The minimum atomic E-state index is -0.107. The van der Waals surface area contributed by atoms with Crippen LogP contribution in [0.2, 0.25) is 0 Å². The van der Waals surface area contributed by atoms with Crippen molar-refractivity contribution in [3.05, 3.63) is 40.3 Å². The van der Waals surface area contributed by atoms with Crippen molar-refractivity contribution in [2.24, 2.45) is 0 Å². The van der Waals surface area contributed by atoms with Crippen molar-refractivity contribution >= 4 is 10.8 Å². The molecule has 1 fully saturated rings. The van der Waals surface area contributed by atoms with Gasteiger partial charge in [0.05, 0.1) is 11.6 Å². The maximum absolute atomic E-state index is 11.4. The van der Waals surface area contributed by atoms with Crippen LogP contribution in [0.15, 0.2) is 29.2 Å². The fourth-order valence-corrected chi connectivity index (χ4v) is 1.79. The minimum absolute atomic E-state index is 0.107. The van der Waals surface area contributed by atoms with Gasteiger partial charge >= 0.3 is 0 Å². The quantitative estimate of drug-likeness (QED) is 0.738. The summed E-state index contributed by atoms with van der Waals surface area (Å²) in [7, 11) is 0. The summed E-state index contributed by atoms with van der Waals surface area (Å²) in [4.78, 5) is 11.4. The van der Waals surface area contributed by atoms with E-state index < -0.39 is 0 Å². The Kier molecular flexibility index (Phi) is 1.48. The Bertz CT molecular complexity index is 540. The number of aromatic nitrogens is 2. The second-order valence-electron chi connectivity index (χ2n) is 3.82. The molecule has 1 aromatic carbocycles. The summed E-state index contributed by atoms with van der Waals surface area (Å²) in [6, 6.07) is 6.02. The number of nitrogens with zero attached hydrogens (tertiary/aromatic N) is 1. The molecule has 2 aromatic rings. The van der Waals surface area contributed by atoms with E-state index in [9.17, 15) is 4.79 Å². The smallest absolute Gasteiger partial charge is 0.267 e. The molecule has 0 spiro atoms. The van der Waals surface area contributed by atoms with Gasteiger partial charge in [0.2, 0.25) is 0 Å². The zero-order valence-corrected chi connectivity index (χ0v) is 7.66. The lowest BCUT2D eigenvalue weighted by Gasteiger charge is -1.99. The second kappa shape index (κ2) is 2.67. The fourth-order valence-electron chi connectivity index (χ4n) is 1.79. The molecule has 3 rings (SSSR count). The van der Waals surface area contributed by atoms with Gasteiger partial charge in [0.25, 0.3) is 5.56 Å². The monoisotopic (exact) mass is 186 g/mol. The van der Waals surface area contributed by atoms with Gasteiger partial charge in [-0.2, -0.15) is 5.10 Å². The van der Waals surface area contributed by atoms with E-state index in [-0.39, 0.29) is 5.56 Å². The van der Waals surface area contributed by atoms with Crippen LogP contribution in [0, 0.1) is 0 Å². The normalized spacial score (nSPS) is 16.0. The van der Waals surface area contributed by atoms with Crippen molar-refractivity contribution in [3.63, 3.8) is 0 Å². The Balaban J connectivity index is 2.28. The molecule has 14 heavy (non-hydrogen) atoms. The van der Waals surface area contributed by atoms with Gasteiger partial charge in [-0.05, 0) is 36.5 Å². The van der Waals surface area contributed by atoms with Crippen molar-refractivity contribution in [2.45, 2.75) is 18.8 Å². The second-order valence-corrected chi connectivity index (χ2v) is 3.82. The van der Waals surface area contributed by atoms with Crippen LogP contribution >= 0.6 is 0 Å². The first-order valence-electron chi connectivity index (χ1n) is 4.82. The van der Waals surface area contributed by atoms with Crippen LogP contribution in [0.25, 0.3) is 10.8 Å². The number of H-pyrrole nitrogens is 1. The Morgan fingerprint density at radius 3 is 3.00 bits per heavy atom. The average Bonchev–Trinajstić information content (AvgIpc) is 3.01. The van der Waals surface area contributed by atoms with Crippen molar-refractivity contribution in [3.8, 4) is 0 Å². The lowest BCUT2D eigenvalue weighted by molar-refractivity contribution is 1.01. The van der Waals surface area contributed by atoms with E-state index in [0.29, 0.717) is 0 Å². The van der Waals surface area contributed by atoms with Crippen molar-refractivity contribution < 1.29 is 0 Å². The first kappa shape index (κ1) is 7.74. The van der Waals surface area contributed by atoms with Crippen LogP contribution < -0.4 is 5.56 Å². The largest absolute Gasteiger partial charge is 0.272 e. The van der Waals surface area contributed by atoms with Crippen molar-refractivity contribution in [1.29, 1.82) is 0 Å². The Labute approximate surface area is 80.8 Å². The van der Waals surface area contributed by atoms with E-state index >= 15 is 0 Å². The summed E-state index contributed by atoms with van der Waals surface area (Å²) in [6.07, 6.45) is 4.27. The van der Waals surface area contributed by atoms with E-state index in [1.54, 1.807) is 6.20 Å². The average molecular weight is 186 g/mol. The molecule has 3 nitrogen and oxygen atoms in total. The van der Waals surface area contributed by atoms with Crippen LogP contribution in [-0.2, 0) is 0 Å². The highest BCUT2D eigenvalue weighted by atomic mass is 16.1. The number of nitrogens with one attached hydrogen (secondary N) is 1. The zero-order chi connectivity index (χ0) is 9.54. The van der Waals surface area contributed by atoms with Gasteiger partial charge in [0.1, 0.15) is 0 Å². The fraction of sp³-hybridized carbons (Fsp3) is 0.273. The first-order chi connectivity index (χ1) is 6.84. The number of hydrogen-bond donors (Lipinski definition) is 1. The molecule has 3 heteroatoms. The van der Waals surface area contributed by atoms with Gasteiger partial charge in [-0.3, -0.25) is 4.79 Å². The highest BCUT2D eigenvalue weighted by molar-refractivity contribution is 5.81. The van der Waals surface area contributed by atoms with Gasteiger partial charge in [-0.25, -0.2) is 5.10 Å². The van der Waals surface area contributed by atoms with Crippen LogP contribution in [0.4, 0.5) is 0 Å². The van der Waals surface area contributed by atoms with Crippen LogP contribution in [0.3, 0.4) is 0 Å². The molecule has 1 heterocycles. The number of hydrogen-bond acceptors (Lipinski definition) is 2. The molecule has 0 radical (unpaired) electrons. The minimum Gasteiger partial charge on any atom is -0.267 e. The third kappa shape index (κ3) is 1.13. The van der Waals surface area contributed by atoms with Gasteiger partial charge < -0.3 is 0 Å². The summed E-state index contributed by atoms with van der Waals surface area (Å²) in [5.74, 6) is 0.721. The summed E-state index contributed by atoms with van der Waals surface area (Å²) in [5.41, 5.74) is 1.23. The van der Waals surface area contributed by atoms with E-state index in [2.05, 4.69) is 22.3 Å². The molecule has 0 unspecified atom stereocenters. The van der Waals surface area contributed by atoms with Crippen LogP contribution in [-0.4, -0.2) is 10.2 Å². The maximum atomic E-state index is 11.4. The van der Waals surface area contributed by atoms with E-state index in [1.807, 2.05) is 6.07 Å². The predicted octanol–water partition coefficient (Wildman–Crippen LogP) is 1.80. The zero-order valence-electron chi connectivity index (χ0n) is 7.66. The lowest BCUT2D eigenvalue weighted by Crippen LogP contribution is -2.07. The van der Waals surface area contributed by atoms with E-state index in [4.69, 9.17) is 0 Å². The standard InChI is InChI=1S/C11H10N2O/c14-11-10-4-3-8(7-1-2-7)5-9(10)6-12-13-11/h3-7H,1-2H2,(H,13,14). The van der Waals surface area contributed by atoms with Gasteiger partial charge in [0.15, 0.2) is 0 Å². The number of aromatic amines is 1. The van der Waals surface area contributed by atoms with Gasteiger partial charge in [0, 0.05) is 5.39 Å². The Hall–Kier alpha value is -1.64. The molecule has 1 aromatic heterocycles. The third-order valence-electron chi connectivity index (χ3n) is 2.74. The molecule has 1 aliphatic carbocycles. The molecular weight excluding hydrogens is 176 g/mol. The highest BCUT2D eigenvalue weighted by Crippen LogP contribution is 2.40. The molecule has 0 saturated heterocycles. The molecule has 0 bridgehead atoms. The Morgan fingerprint density at radius 1 is 1.36 bits per heavy atom. The van der Waals surface area contributed by atoms with Gasteiger partial charge in [-0.15, -0.1) is 0 Å². The number of fused-ring (bicyclic) bond motifs is 1. The first-order valence-corrected chi connectivity index (χ1v) is 4.82. The lowest BCUT2D eigenvalue weighted by atomic mass is 10.1. The molecule has 1 saturated carbocycles. The SMILES string of the molecule is O=c1[nH]ncc2cc(C3CC3)ccc12. The number of benzene rings is 1. The summed E-state index contributed by atoms with van der Waals surface area (Å²) in [6.45, 7) is 0.